The lowest BCUT2D eigenvalue weighted by Gasteiger charge is -2.11. The molecule has 0 atom stereocenters. The van der Waals surface area contributed by atoms with Crippen molar-refractivity contribution in [3.05, 3.63) is 80.0 Å². The van der Waals surface area contributed by atoms with Crippen LogP contribution < -0.4 is 9.47 Å². The first-order valence-corrected chi connectivity index (χ1v) is 6.86. The maximum absolute atomic E-state index is 11.2. The third-order valence-electron chi connectivity index (χ3n) is 3.12. The lowest BCUT2D eigenvalue weighted by Crippen LogP contribution is -2.00. The molecule has 0 radical (unpaired) electrons. The van der Waals surface area contributed by atoms with Crippen LogP contribution in [0.3, 0.4) is 0 Å². The van der Waals surface area contributed by atoms with Crippen molar-refractivity contribution in [3.63, 3.8) is 0 Å². The number of nitro groups is 2. The van der Waals surface area contributed by atoms with Gasteiger partial charge in [-0.3, -0.25) is 20.2 Å². The molecular weight excluding hydrogens is 316 g/mol. The monoisotopic (exact) mass is 330 g/mol. The summed E-state index contributed by atoms with van der Waals surface area (Å²) in [5, 5.41) is 21.6. The first-order valence-electron chi connectivity index (χ1n) is 6.86. The van der Waals surface area contributed by atoms with Gasteiger partial charge in [0, 0.05) is 6.08 Å². The third-order valence-corrected chi connectivity index (χ3v) is 3.12. The van der Waals surface area contributed by atoms with E-state index in [0.29, 0.717) is 6.20 Å². The zero-order valence-corrected chi connectivity index (χ0v) is 12.7. The summed E-state index contributed by atoms with van der Waals surface area (Å²) >= 11 is 0. The highest BCUT2D eigenvalue weighted by Crippen LogP contribution is 2.35. The lowest BCUT2D eigenvalue weighted by atomic mass is 10.1. The topological polar surface area (TPSA) is 105 Å². The van der Waals surface area contributed by atoms with Gasteiger partial charge in [-0.15, -0.1) is 0 Å². The van der Waals surface area contributed by atoms with E-state index in [9.17, 15) is 20.2 Å². The van der Waals surface area contributed by atoms with E-state index in [1.54, 1.807) is 0 Å². The molecule has 8 heteroatoms. The molecule has 0 amide bonds. The fourth-order valence-electron chi connectivity index (χ4n) is 2.01. The molecule has 0 spiro atoms. The molecule has 0 aliphatic rings. The zero-order chi connectivity index (χ0) is 17.5. The molecule has 0 heterocycles. The standard InChI is InChI=1S/C16H14N2O6/c1-23-15-9-13(7-8-17(19)20)14(18(21)22)10-16(15)24-11-12-5-3-2-4-6-12/h2-10H,11H2,1H3. The van der Waals surface area contributed by atoms with Gasteiger partial charge in [-0.1, -0.05) is 30.3 Å². The molecule has 8 nitrogen and oxygen atoms in total. The van der Waals surface area contributed by atoms with Gasteiger partial charge in [0.25, 0.3) is 5.69 Å². The summed E-state index contributed by atoms with van der Waals surface area (Å²) in [6, 6.07) is 11.8. The minimum Gasteiger partial charge on any atom is -0.493 e. The van der Waals surface area contributed by atoms with Crippen LogP contribution >= 0.6 is 0 Å². The highest BCUT2D eigenvalue weighted by atomic mass is 16.6. The number of benzene rings is 2. The van der Waals surface area contributed by atoms with Crippen molar-refractivity contribution in [2.75, 3.05) is 7.11 Å². The van der Waals surface area contributed by atoms with Crippen molar-refractivity contribution in [3.8, 4) is 11.5 Å². The van der Waals surface area contributed by atoms with E-state index < -0.39 is 9.85 Å². The van der Waals surface area contributed by atoms with Crippen LogP contribution in [0.2, 0.25) is 0 Å². The van der Waals surface area contributed by atoms with Crippen LogP contribution in [0.4, 0.5) is 5.69 Å². The van der Waals surface area contributed by atoms with Gasteiger partial charge in [-0.2, -0.15) is 0 Å². The Bertz CT molecular complexity index is 774. The Morgan fingerprint density at radius 2 is 1.79 bits per heavy atom. The Labute approximate surface area is 137 Å². The molecule has 124 valence electrons. The van der Waals surface area contributed by atoms with E-state index >= 15 is 0 Å². The summed E-state index contributed by atoms with van der Waals surface area (Å²) in [4.78, 5) is 20.3. The van der Waals surface area contributed by atoms with Gasteiger partial charge in [0.05, 0.1) is 28.6 Å². The Morgan fingerprint density at radius 1 is 1.08 bits per heavy atom. The second kappa shape index (κ2) is 7.73. The Hall–Kier alpha value is -3.42. The molecule has 24 heavy (non-hydrogen) atoms. The summed E-state index contributed by atoms with van der Waals surface area (Å²) < 4.78 is 10.8. The molecule has 0 aliphatic heterocycles. The predicted molar refractivity (Wildman–Crippen MR) is 86.5 cm³/mol. The van der Waals surface area contributed by atoms with Crippen molar-refractivity contribution in [2.45, 2.75) is 6.61 Å². The second-order valence-electron chi connectivity index (χ2n) is 4.69. The fourth-order valence-corrected chi connectivity index (χ4v) is 2.01. The normalized spacial score (nSPS) is 10.5. The maximum Gasteiger partial charge on any atom is 0.280 e. The third kappa shape index (κ3) is 4.29. The van der Waals surface area contributed by atoms with Crippen LogP contribution in [-0.4, -0.2) is 17.0 Å². The number of hydrogen-bond acceptors (Lipinski definition) is 6. The molecule has 0 saturated carbocycles. The minimum absolute atomic E-state index is 0.0561. The zero-order valence-electron chi connectivity index (χ0n) is 12.7. The molecule has 0 fully saturated rings. The number of methoxy groups -OCH3 is 1. The molecule has 2 aromatic rings. The molecule has 0 aliphatic carbocycles. The largest absolute Gasteiger partial charge is 0.493 e. The van der Waals surface area contributed by atoms with Crippen LogP contribution in [-0.2, 0) is 6.61 Å². The highest BCUT2D eigenvalue weighted by Gasteiger charge is 2.19. The van der Waals surface area contributed by atoms with Crippen LogP contribution in [0.25, 0.3) is 6.08 Å². The quantitative estimate of drug-likeness (QED) is 0.569. The average molecular weight is 330 g/mol. The van der Waals surface area contributed by atoms with Crippen molar-refractivity contribution >= 4 is 11.8 Å². The van der Waals surface area contributed by atoms with Gasteiger partial charge in [-0.25, -0.2) is 0 Å². The van der Waals surface area contributed by atoms with Crippen molar-refractivity contribution in [1.29, 1.82) is 0 Å². The second-order valence-corrected chi connectivity index (χ2v) is 4.69. The Balaban J connectivity index is 2.35. The minimum atomic E-state index is -0.698. The van der Waals surface area contributed by atoms with E-state index in [1.165, 1.54) is 19.2 Å². The first-order chi connectivity index (χ1) is 11.5. The molecule has 0 bridgehead atoms. The van der Waals surface area contributed by atoms with E-state index in [0.717, 1.165) is 11.6 Å². The van der Waals surface area contributed by atoms with E-state index in [1.807, 2.05) is 30.3 Å². The van der Waals surface area contributed by atoms with E-state index in [4.69, 9.17) is 9.47 Å². The van der Waals surface area contributed by atoms with E-state index in [2.05, 4.69) is 0 Å². The van der Waals surface area contributed by atoms with Gasteiger partial charge in [0.2, 0.25) is 6.20 Å². The number of rotatable bonds is 7. The number of ether oxygens (including phenoxy) is 2. The average Bonchev–Trinajstić information content (AvgIpc) is 2.58. The van der Waals surface area contributed by atoms with Crippen molar-refractivity contribution in [1.82, 2.24) is 0 Å². The molecular formula is C16H14N2O6. The van der Waals surface area contributed by atoms with Crippen molar-refractivity contribution in [2.24, 2.45) is 0 Å². The summed E-state index contributed by atoms with van der Waals surface area (Å²) in [7, 11) is 1.39. The number of nitro benzene ring substituents is 1. The highest BCUT2D eigenvalue weighted by molar-refractivity contribution is 5.66. The Kier molecular flexibility index (Phi) is 5.45. The van der Waals surface area contributed by atoms with Crippen LogP contribution in [0.5, 0.6) is 11.5 Å². The summed E-state index contributed by atoms with van der Waals surface area (Å²) in [6.45, 7) is 0.207. The Morgan fingerprint density at radius 3 is 2.38 bits per heavy atom. The summed E-state index contributed by atoms with van der Waals surface area (Å²) in [6.07, 6.45) is 1.67. The van der Waals surface area contributed by atoms with E-state index in [-0.39, 0.29) is 29.4 Å². The molecule has 2 rings (SSSR count). The SMILES string of the molecule is COc1cc(C=C[N+](=O)[O-])c([N+](=O)[O-])cc1OCc1ccccc1. The van der Waals surface area contributed by atoms with Crippen LogP contribution in [0.1, 0.15) is 11.1 Å². The van der Waals surface area contributed by atoms with Crippen LogP contribution in [0.15, 0.2) is 48.7 Å². The molecule has 0 unspecified atom stereocenters. The molecule has 0 saturated heterocycles. The maximum atomic E-state index is 11.2. The summed E-state index contributed by atoms with van der Waals surface area (Å²) in [5.74, 6) is 0.436. The first kappa shape index (κ1) is 16.9. The molecule has 2 aromatic carbocycles. The van der Waals surface area contributed by atoms with Gasteiger partial charge < -0.3 is 9.47 Å². The van der Waals surface area contributed by atoms with Gasteiger partial charge >= 0.3 is 0 Å². The van der Waals surface area contributed by atoms with Crippen molar-refractivity contribution < 1.29 is 19.3 Å². The van der Waals surface area contributed by atoms with Gasteiger partial charge in [-0.05, 0) is 11.6 Å². The fraction of sp³-hybridized carbons (Fsp3) is 0.125. The number of hydrogen-bond donors (Lipinski definition) is 0. The van der Waals surface area contributed by atoms with Crippen LogP contribution in [0, 0.1) is 20.2 Å². The smallest absolute Gasteiger partial charge is 0.280 e. The molecule has 0 aromatic heterocycles. The number of nitrogens with zero attached hydrogens (tertiary/aromatic N) is 2. The molecule has 0 N–H and O–H groups in total. The summed E-state index contributed by atoms with van der Waals surface area (Å²) in [5.41, 5.74) is 0.636. The van der Waals surface area contributed by atoms with Gasteiger partial charge in [0.15, 0.2) is 11.5 Å². The van der Waals surface area contributed by atoms with Gasteiger partial charge in [0.1, 0.15) is 6.61 Å². The predicted octanol–water partition coefficient (Wildman–Crippen LogP) is 3.43. The lowest BCUT2D eigenvalue weighted by molar-refractivity contribution is -0.401.